The molecule has 1 atom stereocenters. The van der Waals surface area contributed by atoms with Gasteiger partial charge in [-0.05, 0) is 38.1 Å². The molecule has 5 heteroatoms. The van der Waals surface area contributed by atoms with Crippen LogP contribution in [-0.4, -0.2) is 44.5 Å². The minimum atomic E-state index is 0.396. The molecule has 5 nitrogen and oxygen atoms in total. The first kappa shape index (κ1) is 17.8. The number of aryl methyl sites for hydroxylation is 1. The van der Waals surface area contributed by atoms with Crippen LogP contribution in [0.1, 0.15) is 47.9 Å². The lowest BCUT2D eigenvalue weighted by atomic mass is 10.0. The van der Waals surface area contributed by atoms with Gasteiger partial charge in [0.05, 0.1) is 6.04 Å². The van der Waals surface area contributed by atoms with Crippen molar-refractivity contribution in [1.29, 1.82) is 0 Å². The molecule has 0 radical (unpaired) electrons. The van der Waals surface area contributed by atoms with E-state index in [0.29, 0.717) is 6.04 Å². The molecular weight excluding hydrogens is 346 g/mol. The molecule has 0 amide bonds. The predicted octanol–water partition coefficient (Wildman–Crippen LogP) is 3.68. The van der Waals surface area contributed by atoms with Crippen molar-refractivity contribution < 1.29 is 0 Å². The molecule has 1 aromatic carbocycles. The molecule has 0 spiro atoms. The van der Waals surface area contributed by atoms with E-state index in [4.69, 9.17) is 9.97 Å². The number of likely N-dealkylation sites (tertiary alicyclic amines) is 1. The van der Waals surface area contributed by atoms with Crippen molar-refractivity contribution in [3.05, 3.63) is 59.3 Å². The predicted molar refractivity (Wildman–Crippen MR) is 112 cm³/mol. The summed E-state index contributed by atoms with van der Waals surface area (Å²) >= 11 is 0. The number of hydrogen-bond acceptors (Lipinski definition) is 4. The third kappa shape index (κ3) is 3.23. The Morgan fingerprint density at radius 1 is 1.11 bits per heavy atom. The van der Waals surface area contributed by atoms with Gasteiger partial charge in [0.15, 0.2) is 0 Å². The lowest BCUT2D eigenvalue weighted by molar-refractivity contribution is 0.178. The Morgan fingerprint density at radius 3 is 2.89 bits per heavy atom. The average molecular weight is 376 g/mol. The molecular formula is C23H29N5. The number of benzene rings is 1. The maximum absolute atomic E-state index is 5.00. The van der Waals surface area contributed by atoms with Gasteiger partial charge in [-0.1, -0.05) is 24.6 Å². The quantitative estimate of drug-likeness (QED) is 0.700. The molecule has 2 aromatic heterocycles. The highest BCUT2D eigenvalue weighted by atomic mass is 15.2. The van der Waals surface area contributed by atoms with Gasteiger partial charge < -0.3 is 4.57 Å². The Hall–Kier alpha value is -2.24. The number of hydrogen-bond donors (Lipinski definition) is 0. The van der Waals surface area contributed by atoms with Crippen LogP contribution in [0.15, 0.2) is 36.7 Å². The van der Waals surface area contributed by atoms with Crippen LogP contribution in [0.25, 0.3) is 10.9 Å². The van der Waals surface area contributed by atoms with E-state index in [-0.39, 0.29) is 0 Å². The van der Waals surface area contributed by atoms with Crippen molar-refractivity contribution in [3.8, 4) is 0 Å². The minimum absolute atomic E-state index is 0.396. The number of fused-ring (bicyclic) bond motifs is 2. The zero-order valence-corrected chi connectivity index (χ0v) is 16.9. The third-order valence-electron chi connectivity index (χ3n) is 6.47. The Bertz CT molecular complexity index is 992. The monoisotopic (exact) mass is 375 g/mol. The minimum Gasteiger partial charge on any atom is -0.350 e. The van der Waals surface area contributed by atoms with Gasteiger partial charge in [-0.25, -0.2) is 9.97 Å². The molecule has 5 rings (SSSR count). The zero-order valence-electron chi connectivity index (χ0n) is 16.9. The Morgan fingerprint density at radius 2 is 2.00 bits per heavy atom. The van der Waals surface area contributed by atoms with Gasteiger partial charge in [-0.15, -0.1) is 0 Å². The summed E-state index contributed by atoms with van der Waals surface area (Å²) < 4.78 is 2.23. The smallest absolute Gasteiger partial charge is 0.145 e. The first-order valence-electron chi connectivity index (χ1n) is 10.5. The summed E-state index contributed by atoms with van der Waals surface area (Å²) in [7, 11) is 4.34. The fourth-order valence-corrected chi connectivity index (χ4v) is 4.88. The maximum Gasteiger partial charge on any atom is 0.145 e. The van der Waals surface area contributed by atoms with E-state index in [2.05, 4.69) is 65.1 Å². The van der Waals surface area contributed by atoms with E-state index in [1.54, 1.807) is 0 Å². The number of para-hydroxylation sites is 1. The standard InChI is InChI=1S/C23H29N5/c1-26-11-6-5-9-22(26)23-24-13-17-15-28(12-10-20(17)25-23)16-18-14-27(2)21-8-4-3-7-19(18)21/h3-4,7-8,13-14,22H,5-6,9-12,15-16H2,1-2H3. The summed E-state index contributed by atoms with van der Waals surface area (Å²) in [4.78, 5) is 14.7. The summed E-state index contributed by atoms with van der Waals surface area (Å²) in [6.07, 6.45) is 9.15. The zero-order chi connectivity index (χ0) is 19.1. The highest BCUT2D eigenvalue weighted by Crippen LogP contribution is 2.29. The average Bonchev–Trinajstić information content (AvgIpc) is 3.04. The van der Waals surface area contributed by atoms with Crippen LogP contribution in [0.5, 0.6) is 0 Å². The van der Waals surface area contributed by atoms with Gasteiger partial charge in [0.25, 0.3) is 0 Å². The van der Waals surface area contributed by atoms with E-state index in [0.717, 1.165) is 38.4 Å². The summed E-state index contributed by atoms with van der Waals surface area (Å²) in [6.45, 7) is 4.14. The van der Waals surface area contributed by atoms with Crippen molar-refractivity contribution in [3.63, 3.8) is 0 Å². The first-order valence-corrected chi connectivity index (χ1v) is 10.5. The van der Waals surface area contributed by atoms with Gasteiger partial charge in [0.1, 0.15) is 5.82 Å². The highest BCUT2D eigenvalue weighted by Gasteiger charge is 2.26. The van der Waals surface area contributed by atoms with Crippen molar-refractivity contribution in [1.82, 2.24) is 24.3 Å². The molecule has 4 heterocycles. The topological polar surface area (TPSA) is 37.2 Å². The molecule has 1 fully saturated rings. The van der Waals surface area contributed by atoms with Crippen molar-refractivity contribution >= 4 is 10.9 Å². The highest BCUT2D eigenvalue weighted by molar-refractivity contribution is 5.83. The maximum atomic E-state index is 5.00. The Kier molecular flexibility index (Phi) is 4.65. The third-order valence-corrected chi connectivity index (χ3v) is 6.47. The van der Waals surface area contributed by atoms with Crippen LogP contribution in [0.4, 0.5) is 0 Å². The van der Waals surface area contributed by atoms with E-state index in [9.17, 15) is 0 Å². The Labute approximate surface area is 167 Å². The van der Waals surface area contributed by atoms with Gasteiger partial charge in [0.2, 0.25) is 0 Å². The first-order chi connectivity index (χ1) is 13.7. The fourth-order valence-electron chi connectivity index (χ4n) is 4.88. The van der Waals surface area contributed by atoms with Crippen LogP contribution in [0.2, 0.25) is 0 Å². The van der Waals surface area contributed by atoms with E-state index >= 15 is 0 Å². The molecule has 0 N–H and O–H groups in total. The van der Waals surface area contributed by atoms with Gasteiger partial charge >= 0.3 is 0 Å². The summed E-state index contributed by atoms with van der Waals surface area (Å²) in [5, 5.41) is 1.36. The SMILES string of the molecule is CN1CCCCC1c1ncc2c(n1)CCN(Cc1cn(C)c3ccccc13)C2. The molecule has 0 bridgehead atoms. The number of aromatic nitrogens is 3. The van der Waals surface area contributed by atoms with Crippen molar-refractivity contribution in [2.75, 3.05) is 20.1 Å². The van der Waals surface area contributed by atoms with Crippen LogP contribution in [-0.2, 0) is 26.6 Å². The van der Waals surface area contributed by atoms with Gasteiger partial charge in [0, 0.05) is 67.7 Å². The van der Waals surface area contributed by atoms with Gasteiger partial charge in [-0.2, -0.15) is 0 Å². The van der Waals surface area contributed by atoms with Crippen LogP contribution in [0, 0.1) is 0 Å². The molecule has 28 heavy (non-hydrogen) atoms. The normalized spacial score (nSPS) is 21.1. The molecule has 3 aromatic rings. The lowest BCUT2D eigenvalue weighted by Gasteiger charge is -2.32. The summed E-state index contributed by atoms with van der Waals surface area (Å²) in [5.41, 5.74) is 5.27. The van der Waals surface area contributed by atoms with E-state index < -0.39 is 0 Å². The molecule has 1 unspecified atom stereocenters. The van der Waals surface area contributed by atoms with E-state index in [1.807, 2.05) is 0 Å². The number of piperidine rings is 1. The molecule has 0 aliphatic carbocycles. The second kappa shape index (κ2) is 7.30. The van der Waals surface area contributed by atoms with Crippen molar-refractivity contribution in [2.24, 2.45) is 7.05 Å². The molecule has 0 saturated carbocycles. The van der Waals surface area contributed by atoms with Crippen LogP contribution < -0.4 is 0 Å². The van der Waals surface area contributed by atoms with Crippen LogP contribution >= 0.6 is 0 Å². The second-order valence-electron chi connectivity index (χ2n) is 8.44. The summed E-state index contributed by atoms with van der Waals surface area (Å²) in [6, 6.07) is 9.07. The molecule has 2 aliphatic rings. The number of nitrogens with zero attached hydrogens (tertiary/aromatic N) is 5. The van der Waals surface area contributed by atoms with Gasteiger partial charge in [-0.3, -0.25) is 9.80 Å². The molecule has 2 aliphatic heterocycles. The lowest BCUT2D eigenvalue weighted by Crippen LogP contribution is -2.33. The van der Waals surface area contributed by atoms with Crippen LogP contribution in [0.3, 0.4) is 0 Å². The van der Waals surface area contributed by atoms with E-state index in [1.165, 1.54) is 47.0 Å². The Balaban J connectivity index is 1.34. The summed E-state index contributed by atoms with van der Waals surface area (Å²) in [5.74, 6) is 1.03. The molecule has 1 saturated heterocycles. The van der Waals surface area contributed by atoms with Crippen molar-refractivity contribution in [2.45, 2.75) is 44.8 Å². The second-order valence-corrected chi connectivity index (χ2v) is 8.44. The largest absolute Gasteiger partial charge is 0.350 e. The fraction of sp³-hybridized carbons (Fsp3) is 0.478. The number of rotatable bonds is 3. The molecule has 146 valence electrons.